The monoisotopic (exact) mass is 452 g/mol. The first-order valence-electron chi connectivity index (χ1n) is 10.3. The molecule has 0 saturated carbocycles. The summed E-state index contributed by atoms with van der Waals surface area (Å²) < 4.78 is 34.1. The lowest BCUT2D eigenvalue weighted by atomic mass is 10.1. The number of anilines is 2. The number of benzene rings is 3. The van der Waals surface area contributed by atoms with E-state index in [1.54, 1.807) is 19.1 Å². The number of hydrogen-bond acceptors (Lipinski definition) is 4. The summed E-state index contributed by atoms with van der Waals surface area (Å²) in [6.45, 7) is 9.24. The molecule has 0 aliphatic rings. The van der Waals surface area contributed by atoms with Gasteiger partial charge in [0.25, 0.3) is 15.9 Å². The highest BCUT2D eigenvalue weighted by Crippen LogP contribution is 2.25. The number of aryl methyl sites for hydroxylation is 4. The van der Waals surface area contributed by atoms with Gasteiger partial charge in [-0.1, -0.05) is 36.4 Å². The largest absolute Gasteiger partial charge is 0.480 e. The maximum absolute atomic E-state index is 12.8. The van der Waals surface area contributed by atoms with Gasteiger partial charge in [-0.25, -0.2) is 8.42 Å². The molecule has 3 rings (SSSR count). The molecule has 7 heteroatoms. The zero-order valence-electron chi connectivity index (χ0n) is 18.9. The van der Waals surface area contributed by atoms with Crippen LogP contribution in [0.2, 0.25) is 0 Å². The Morgan fingerprint density at radius 3 is 1.84 bits per heavy atom. The normalized spacial score (nSPS) is 12.2. The average Bonchev–Trinajstić information content (AvgIpc) is 2.74. The Morgan fingerprint density at radius 2 is 1.31 bits per heavy atom. The maximum Gasteiger partial charge on any atom is 0.265 e. The highest BCUT2D eigenvalue weighted by atomic mass is 32.2. The minimum Gasteiger partial charge on any atom is -0.480 e. The molecule has 2 N–H and O–H groups in total. The van der Waals surface area contributed by atoms with Crippen LogP contribution in [-0.4, -0.2) is 20.4 Å². The fraction of sp³-hybridized carbons (Fsp3) is 0.240. The third kappa shape index (κ3) is 5.29. The quantitative estimate of drug-likeness (QED) is 0.521. The predicted octanol–water partition coefficient (Wildman–Crippen LogP) is 5.13. The first-order valence-corrected chi connectivity index (χ1v) is 11.8. The Morgan fingerprint density at radius 1 is 0.812 bits per heavy atom. The summed E-state index contributed by atoms with van der Waals surface area (Å²) in [5.74, 6) is 0.367. The number of carbonyl (C=O) groups excluding carboxylic acids is 1. The maximum atomic E-state index is 12.8. The van der Waals surface area contributed by atoms with Crippen molar-refractivity contribution in [3.05, 3.63) is 82.9 Å². The van der Waals surface area contributed by atoms with Crippen LogP contribution in [0, 0.1) is 27.7 Å². The molecule has 1 atom stereocenters. The fourth-order valence-electron chi connectivity index (χ4n) is 3.35. The van der Waals surface area contributed by atoms with E-state index in [1.165, 1.54) is 12.1 Å². The van der Waals surface area contributed by atoms with Crippen LogP contribution in [0.4, 0.5) is 11.4 Å². The van der Waals surface area contributed by atoms with E-state index in [1.807, 2.05) is 64.1 Å². The summed E-state index contributed by atoms with van der Waals surface area (Å²) in [5, 5.41) is 2.77. The summed E-state index contributed by atoms with van der Waals surface area (Å²) in [7, 11) is -3.76. The summed E-state index contributed by atoms with van der Waals surface area (Å²) in [4.78, 5) is 12.7. The van der Waals surface area contributed by atoms with Crippen LogP contribution in [0.25, 0.3) is 0 Å². The second-order valence-electron chi connectivity index (χ2n) is 7.87. The third-order valence-corrected chi connectivity index (χ3v) is 6.59. The molecule has 6 nitrogen and oxygen atoms in total. The standard InChI is InChI=1S/C25H28N2O4S/c1-16-8-6-9-17(2)23(16)27-32(29,30)22-14-12-21(13-15-22)26-25(28)20(5)31-24-18(3)10-7-11-19(24)4/h6-15,20,27H,1-5H3,(H,26,28). The van der Waals surface area contributed by atoms with Gasteiger partial charge in [0.05, 0.1) is 10.6 Å². The number of rotatable bonds is 7. The first kappa shape index (κ1) is 23.3. The highest BCUT2D eigenvalue weighted by Gasteiger charge is 2.19. The van der Waals surface area contributed by atoms with Crippen molar-refractivity contribution in [2.75, 3.05) is 10.0 Å². The lowest BCUT2D eigenvalue weighted by Crippen LogP contribution is -2.30. The van der Waals surface area contributed by atoms with Crippen LogP contribution in [0.5, 0.6) is 5.75 Å². The molecule has 0 aromatic heterocycles. The number of ether oxygens (including phenoxy) is 1. The average molecular weight is 453 g/mol. The molecular weight excluding hydrogens is 424 g/mol. The molecule has 0 heterocycles. The lowest BCUT2D eigenvalue weighted by molar-refractivity contribution is -0.122. The molecule has 3 aromatic carbocycles. The minimum absolute atomic E-state index is 0.109. The smallest absolute Gasteiger partial charge is 0.265 e. The summed E-state index contributed by atoms with van der Waals surface area (Å²) in [5.41, 5.74) is 4.65. The van der Waals surface area contributed by atoms with Gasteiger partial charge < -0.3 is 10.1 Å². The van der Waals surface area contributed by atoms with E-state index in [4.69, 9.17) is 4.74 Å². The number of sulfonamides is 1. The summed E-state index contributed by atoms with van der Waals surface area (Å²) in [6, 6.07) is 17.4. The van der Waals surface area contributed by atoms with Gasteiger partial charge in [-0.05, 0) is 81.1 Å². The van der Waals surface area contributed by atoms with Gasteiger partial charge >= 0.3 is 0 Å². The van der Waals surface area contributed by atoms with E-state index in [2.05, 4.69) is 10.0 Å². The summed E-state index contributed by atoms with van der Waals surface area (Å²) in [6.07, 6.45) is -0.719. The molecule has 168 valence electrons. The minimum atomic E-state index is -3.76. The van der Waals surface area contributed by atoms with Crippen molar-refractivity contribution in [2.45, 2.75) is 45.6 Å². The molecule has 0 saturated heterocycles. The molecule has 3 aromatic rings. The summed E-state index contributed by atoms with van der Waals surface area (Å²) >= 11 is 0. The van der Waals surface area contributed by atoms with Crippen LogP contribution >= 0.6 is 0 Å². The molecule has 1 unspecified atom stereocenters. The lowest BCUT2D eigenvalue weighted by Gasteiger charge is -2.18. The zero-order chi connectivity index (χ0) is 23.5. The van der Waals surface area contributed by atoms with Crippen LogP contribution < -0.4 is 14.8 Å². The van der Waals surface area contributed by atoms with Crippen molar-refractivity contribution in [1.29, 1.82) is 0 Å². The SMILES string of the molecule is Cc1cccc(C)c1NS(=O)(=O)c1ccc(NC(=O)C(C)Oc2c(C)cccc2C)cc1. The molecule has 0 bridgehead atoms. The zero-order valence-corrected chi connectivity index (χ0v) is 19.7. The van der Waals surface area contributed by atoms with Crippen molar-refractivity contribution >= 4 is 27.3 Å². The fourth-order valence-corrected chi connectivity index (χ4v) is 4.55. The third-order valence-electron chi connectivity index (χ3n) is 5.22. The van der Waals surface area contributed by atoms with Crippen LogP contribution in [0.15, 0.2) is 65.6 Å². The van der Waals surface area contributed by atoms with Gasteiger partial charge in [0.1, 0.15) is 5.75 Å². The highest BCUT2D eigenvalue weighted by molar-refractivity contribution is 7.92. The van der Waals surface area contributed by atoms with Crippen molar-refractivity contribution in [3.8, 4) is 5.75 Å². The second-order valence-corrected chi connectivity index (χ2v) is 9.55. The second kappa shape index (κ2) is 9.44. The first-order chi connectivity index (χ1) is 15.1. The molecule has 0 radical (unpaired) electrons. The number of carbonyl (C=O) groups is 1. The molecule has 0 aliphatic heterocycles. The van der Waals surface area contributed by atoms with Crippen LogP contribution in [-0.2, 0) is 14.8 Å². The molecule has 32 heavy (non-hydrogen) atoms. The Bertz CT molecular complexity index is 1190. The van der Waals surface area contributed by atoms with Gasteiger partial charge in [0.2, 0.25) is 0 Å². The van der Waals surface area contributed by atoms with Crippen molar-refractivity contribution in [3.63, 3.8) is 0 Å². The predicted molar refractivity (Wildman–Crippen MR) is 128 cm³/mol. The molecule has 0 spiro atoms. The Balaban J connectivity index is 1.69. The molecular formula is C25H28N2O4S. The van der Waals surface area contributed by atoms with Gasteiger partial charge in [-0.3, -0.25) is 9.52 Å². The topological polar surface area (TPSA) is 84.5 Å². The van der Waals surface area contributed by atoms with E-state index in [0.717, 1.165) is 22.3 Å². The van der Waals surface area contributed by atoms with E-state index < -0.39 is 16.1 Å². The van der Waals surface area contributed by atoms with E-state index >= 15 is 0 Å². The Kier molecular flexibility index (Phi) is 6.89. The number of para-hydroxylation sites is 2. The van der Waals surface area contributed by atoms with Gasteiger partial charge in [-0.15, -0.1) is 0 Å². The van der Waals surface area contributed by atoms with E-state index in [0.29, 0.717) is 17.1 Å². The van der Waals surface area contributed by atoms with E-state index in [9.17, 15) is 13.2 Å². The molecule has 0 aliphatic carbocycles. The van der Waals surface area contributed by atoms with Crippen molar-refractivity contribution in [1.82, 2.24) is 0 Å². The number of hydrogen-bond donors (Lipinski definition) is 2. The van der Waals surface area contributed by atoms with Gasteiger partial charge in [0, 0.05) is 5.69 Å². The van der Waals surface area contributed by atoms with Crippen LogP contribution in [0.3, 0.4) is 0 Å². The van der Waals surface area contributed by atoms with Crippen molar-refractivity contribution < 1.29 is 17.9 Å². The Labute approximate surface area is 189 Å². The van der Waals surface area contributed by atoms with Crippen molar-refractivity contribution in [2.24, 2.45) is 0 Å². The van der Waals surface area contributed by atoms with Gasteiger partial charge in [0.15, 0.2) is 6.10 Å². The molecule has 1 amide bonds. The van der Waals surface area contributed by atoms with Crippen LogP contribution in [0.1, 0.15) is 29.2 Å². The number of nitrogens with one attached hydrogen (secondary N) is 2. The molecule has 0 fully saturated rings. The number of amides is 1. The van der Waals surface area contributed by atoms with Gasteiger partial charge in [-0.2, -0.15) is 0 Å². The van der Waals surface area contributed by atoms with E-state index in [-0.39, 0.29) is 10.8 Å². The Hall–Kier alpha value is -3.32.